The molecule has 3 rings (SSSR count). The number of methoxy groups -OCH3 is 2. The van der Waals surface area contributed by atoms with Crippen molar-refractivity contribution in [1.82, 2.24) is 9.88 Å². The van der Waals surface area contributed by atoms with Crippen LogP contribution in [0, 0.1) is 0 Å². The molecule has 0 radical (unpaired) electrons. The van der Waals surface area contributed by atoms with Gasteiger partial charge in [-0.05, 0) is 36.4 Å². The van der Waals surface area contributed by atoms with Crippen LogP contribution in [0.15, 0.2) is 42.6 Å². The fraction of sp³-hybridized carbons (Fsp3) is 0.400. The molecule has 144 valence electrons. The second kappa shape index (κ2) is 9.23. The second-order valence-corrected chi connectivity index (χ2v) is 6.33. The number of nitrogens with zero attached hydrogens (tertiary/aromatic N) is 3. The first-order chi connectivity index (χ1) is 13.2. The van der Waals surface area contributed by atoms with E-state index in [9.17, 15) is 4.79 Å². The van der Waals surface area contributed by atoms with Gasteiger partial charge in [0.2, 0.25) is 0 Å². The van der Waals surface area contributed by atoms with E-state index in [-0.39, 0.29) is 5.91 Å². The van der Waals surface area contributed by atoms with E-state index in [0.717, 1.165) is 24.5 Å². The molecule has 1 aromatic carbocycles. The number of nitrogens with one attached hydrogen (secondary N) is 1. The lowest BCUT2D eigenvalue weighted by atomic mass is 10.2. The summed E-state index contributed by atoms with van der Waals surface area (Å²) < 4.78 is 10.2. The zero-order valence-corrected chi connectivity index (χ0v) is 15.9. The molecule has 0 spiro atoms. The Hall–Kier alpha value is -2.80. The Morgan fingerprint density at radius 1 is 1.11 bits per heavy atom. The second-order valence-electron chi connectivity index (χ2n) is 6.33. The van der Waals surface area contributed by atoms with Crippen molar-refractivity contribution >= 4 is 17.4 Å². The third-order valence-electron chi connectivity index (χ3n) is 4.62. The number of carbonyl (C=O) groups is 1. The van der Waals surface area contributed by atoms with E-state index in [4.69, 9.17) is 9.47 Å². The van der Waals surface area contributed by atoms with Gasteiger partial charge < -0.3 is 24.6 Å². The zero-order chi connectivity index (χ0) is 19.1. The summed E-state index contributed by atoms with van der Waals surface area (Å²) in [6.07, 6.45) is 1.66. The largest absolute Gasteiger partial charge is 0.497 e. The van der Waals surface area contributed by atoms with Crippen LogP contribution in [-0.2, 0) is 4.74 Å². The fourth-order valence-corrected chi connectivity index (χ4v) is 3.08. The van der Waals surface area contributed by atoms with Crippen molar-refractivity contribution < 1.29 is 14.3 Å². The van der Waals surface area contributed by atoms with Gasteiger partial charge in [-0.25, -0.2) is 4.98 Å². The smallest absolute Gasteiger partial charge is 0.254 e. The highest BCUT2D eigenvalue weighted by Crippen LogP contribution is 2.21. The van der Waals surface area contributed by atoms with Crippen LogP contribution in [0.2, 0.25) is 0 Å². The number of piperazine rings is 1. The number of ether oxygens (including phenoxy) is 2. The van der Waals surface area contributed by atoms with Crippen molar-refractivity contribution in [2.45, 2.75) is 0 Å². The molecule has 2 aromatic rings. The van der Waals surface area contributed by atoms with Gasteiger partial charge in [0.05, 0.1) is 13.7 Å². The summed E-state index contributed by atoms with van der Waals surface area (Å²) in [6, 6.07) is 11.6. The fourth-order valence-electron chi connectivity index (χ4n) is 3.08. The first kappa shape index (κ1) is 19.0. The molecular formula is C20H26N4O3. The quantitative estimate of drug-likeness (QED) is 0.753. The maximum atomic E-state index is 12.8. The molecule has 1 aliphatic rings. The molecular weight excluding hydrogens is 344 g/mol. The molecule has 1 fully saturated rings. The van der Waals surface area contributed by atoms with Crippen molar-refractivity contribution in [3.8, 4) is 5.75 Å². The predicted molar refractivity (Wildman–Crippen MR) is 106 cm³/mol. The molecule has 0 saturated carbocycles. The number of pyridine rings is 1. The van der Waals surface area contributed by atoms with Gasteiger partial charge in [0, 0.05) is 57.3 Å². The molecule has 1 amide bonds. The van der Waals surface area contributed by atoms with E-state index in [1.54, 1.807) is 32.5 Å². The molecule has 0 unspecified atom stereocenters. The van der Waals surface area contributed by atoms with Gasteiger partial charge >= 0.3 is 0 Å². The van der Waals surface area contributed by atoms with Crippen LogP contribution in [0.25, 0.3) is 0 Å². The number of rotatable bonds is 7. The maximum Gasteiger partial charge on any atom is 0.254 e. The van der Waals surface area contributed by atoms with Crippen LogP contribution in [0.1, 0.15) is 10.4 Å². The Labute approximate surface area is 159 Å². The highest BCUT2D eigenvalue weighted by molar-refractivity contribution is 5.95. The number of benzene rings is 1. The van der Waals surface area contributed by atoms with Crippen molar-refractivity contribution in [2.75, 3.05) is 63.8 Å². The van der Waals surface area contributed by atoms with Gasteiger partial charge in [0.1, 0.15) is 11.6 Å². The summed E-state index contributed by atoms with van der Waals surface area (Å²) in [5.41, 5.74) is 1.80. The first-order valence-corrected chi connectivity index (χ1v) is 9.08. The Bertz CT molecular complexity index is 743. The van der Waals surface area contributed by atoms with Crippen molar-refractivity contribution in [3.05, 3.63) is 48.2 Å². The molecule has 1 aliphatic heterocycles. The molecule has 0 aliphatic carbocycles. The average molecular weight is 370 g/mol. The Morgan fingerprint density at radius 2 is 1.85 bits per heavy atom. The standard InChI is InChI=1S/C20H26N4O3/c1-26-14-9-22-19-15-16(7-8-21-19)20(25)24-12-10-23(11-13-24)17-3-5-18(27-2)6-4-17/h3-8,15H,9-14H2,1-2H3,(H,21,22). The van der Waals surface area contributed by atoms with E-state index >= 15 is 0 Å². The molecule has 2 heterocycles. The van der Waals surface area contributed by atoms with Gasteiger partial charge in [-0.2, -0.15) is 0 Å². The summed E-state index contributed by atoms with van der Waals surface area (Å²) in [5, 5.41) is 3.16. The first-order valence-electron chi connectivity index (χ1n) is 9.08. The SMILES string of the molecule is COCCNc1cc(C(=O)N2CCN(c3ccc(OC)cc3)CC2)ccn1. The zero-order valence-electron chi connectivity index (χ0n) is 15.9. The molecule has 1 aromatic heterocycles. The molecule has 0 atom stereocenters. The lowest BCUT2D eigenvalue weighted by Gasteiger charge is -2.36. The average Bonchev–Trinajstić information content (AvgIpc) is 2.74. The summed E-state index contributed by atoms with van der Waals surface area (Å²) >= 11 is 0. The van der Waals surface area contributed by atoms with Crippen LogP contribution in [0.3, 0.4) is 0 Å². The number of anilines is 2. The van der Waals surface area contributed by atoms with E-state index in [0.29, 0.717) is 37.6 Å². The third kappa shape index (κ3) is 4.89. The summed E-state index contributed by atoms with van der Waals surface area (Å²) in [5.74, 6) is 1.58. The molecule has 0 bridgehead atoms. The minimum atomic E-state index is 0.0431. The van der Waals surface area contributed by atoms with E-state index in [1.165, 1.54) is 0 Å². The Kier molecular flexibility index (Phi) is 6.49. The van der Waals surface area contributed by atoms with Gasteiger partial charge in [0.25, 0.3) is 5.91 Å². The Balaban J connectivity index is 1.57. The molecule has 27 heavy (non-hydrogen) atoms. The molecule has 7 nitrogen and oxygen atoms in total. The number of hydrogen-bond donors (Lipinski definition) is 1. The van der Waals surface area contributed by atoms with Crippen LogP contribution < -0.4 is 15.0 Å². The monoisotopic (exact) mass is 370 g/mol. The topological polar surface area (TPSA) is 66.9 Å². The Morgan fingerprint density at radius 3 is 2.52 bits per heavy atom. The van der Waals surface area contributed by atoms with Gasteiger partial charge in [-0.1, -0.05) is 0 Å². The number of hydrogen-bond acceptors (Lipinski definition) is 6. The lowest BCUT2D eigenvalue weighted by Crippen LogP contribution is -2.48. The van der Waals surface area contributed by atoms with Crippen LogP contribution in [0.4, 0.5) is 11.5 Å². The van der Waals surface area contributed by atoms with E-state index in [2.05, 4.69) is 27.3 Å². The summed E-state index contributed by atoms with van der Waals surface area (Å²) in [6.45, 7) is 4.25. The normalized spacial score (nSPS) is 14.1. The number of carbonyl (C=O) groups excluding carboxylic acids is 1. The van der Waals surface area contributed by atoms with Gasteiger partial charge in [-0.15, -0.1) is 0 Å². The maximum absolute atomic E-state index is 12.8. The highest BCUT2D eigenvalue weighted by atomic mass is 16.5. The predicted octanol–water partition coefficient (Wildman–Crippen LogP) is 2.11. The number of aromatic nitrogens is 1. The minimum Gasteiger partial charge on any atom is -0.497 e. The summed E-state index contributed by atoms with van der Waals surface area (Å²) in [4.78, 5) is 21.3. The third-order valence-corrected chi connectivity index (χ3v) is 4.62. The summed E-state index contributed by atoms with van der Waals surface area (Å²) in [7, 11) is 3.32. The number of amides is 1. The van der Waals surface area contributed by atoms with Crippen LogP contribution in [0.5, 0.6) is 5.75 Å². The van der Waals surface area contributed by atoms with Crippen molar-refractivity contribution in [1.29, 1.82) is 0 Å². The minimum absolute atomic E-state index is 0.0431. The lowest BCUT2D eigenvalue weighted by molar-refractivity contribution is 0.0746. The molecule has 1 saturated heterocycles. The van der Waals surface area contributed by atoms with Gasteiger partial charge in [0.15, 0.2) is 0 Å². The van der Waals surface area contributed by atoms with Crippen LogP contribution >= 0.6 is 0 Å². The van der Waals surface area contributed by atoms with Crippen LogP contribution in [-0.4, -0.2) is 69.3 Å². The molecule has 1 N–H and O–H groups in total. The highest BCUT2D eigenvalue weighted by Gasteiger charge is 2.22. The van der Waals surface area contributed by atoms with Gasteiger partial charge in [-0.3, -0.25) is 4.79 Å². The van der Waals surface area contributed by atoms with Crippen molar-refractivity contribution in [2.24, 2.45) is 0 Å². The van der Waals surface area contributed by atoms with E-state index < -0.39 is 0 Å². The molecule has 7 heteroatoms. The van der Waals surface area contributed by atoms with E-state index in [1.807, 2.05) is 17.0 Å². The van der Waals surface area contributed by atoms with Crippen molar-refractivity contribution in [3.63, 3.8) is 0 Å².